The third-order valence-electron chi connectivity index (χ3n) is 25.1. The number of rotatable bonds is 72. The Morgan fingerprint density at radius 2 is 0.806 bits per heavy atom. The molecule has 0 aromatic rings. The van der Waals surface area contributed by atoms with E-state index in [9.17, 15) is 120 Å². The molecule has 5 aliphatic rings. The minimum atomic E-state index is -6.21. The van der Waals surface area contributed by atoms with E-state index in [1.807, 2.05) is 0 Å². The standard InChI is InChI=1S/C89H163N3O40P2/c1-5-9-13-17-21-25-29-33-37-41-56(95)45-67(102)91-71-81(125-69(104)47-58(97)43-39-35-31-27-23-19-15-11-7-3)76(109)65(123-84(71)131-133(115,116)117)54-121-83-72(92-68(103)46-57(96)42-38-34-30-26-22-18-14-10-6-2)82(126-70(105)48-59(98)44-40-36-32-28-24-20-16-12-8-4)80(130-134(118,119)132-85-77(110)73(106)60(90)53-120-85)66(124-83)55-122-88(86(111)112)50-64(75(108)79(128-88)63(101)52-94)127-89(87(113)114)49-61(99)74(107)78(129-89)62(100)51-93/h56-66,71-85,93-101,106-110H,5-55,90H2,1-4H3,(H,91,102)(H,92,103)(H,111,112)(H,113,114)(H,118,119)(H2,115,116,117)/t56-,57-,58-,59-,60+,61-,62-,63-,64-,65-,66-,71-,72-,73+,74-,75-,76-,77-,78-,79-,80-,81-,82-,83-,84-,85-,88-,89-/m1/s1. The van der Waals surface area contributed by atoms with E-state index in [4.69, 9.17) is 66.7 Å². The van der Waals surface area contributed by atoms with Crippen LogP contribution in [0.2, 0.25) is 0 Å². The summed E-state index contributed by atoms with van der Waals surface area (Å²) in [7, 11) is -12.1. The van der Waals surface area contributed by atoms with Crippen molar-refractivity contribution >= 4 is 51.3 Å². The van der Waals surface area contributed by atoms with Crippen molar-refractivity contribution in [2.45, 2.75) is 494 Å². The van der Waals surface area contributed by atoms with Gasteiger partial charge in [-0.15, -0.1) is 0 Å². The summed E-state index contributed by atoms with van der Waals surface area (Å²) in [6.07, 6.45) is -24.7. The number of hydrogen-bond acceptors (Lipinski definition) is 36. The van der Waals surface area contributed by atoms with Gasteiger partial charge in [-0.1, -0.05) is 259 Å². The molecule has 784 valence electrons. The Kier molecular flexibility index (Phi) is 57.5. The monoisotopic (exact) mass is 1980 g/mol. The summed E-state index contributed by atoms with van der Waals surface area (Å²) < 4.78 is 105. The topological polar surface area (TPSA) is 691 Å². The number of ether oxygens (including phenoxy) is 10. The number of hydrogen-bond donors (Lipinski definition) is 22. The number of carbonyl (C=O) groups excluding carboxylic acids is 4. The van der Waals surface area contributed by atoms with E-state index in [0.717, 1.165) is 180 Å². The Morgan fingerprint density at radius 1 is 0.425 bits per heavy atom. The number of carboxylic acids is 2. The molecule has 0 aromatic heterocycles. The van der Waals surface area contributed by atoms with Gasteiger partial charge in [-0.3, -0.25) is 32.7 Å². The maximum Gasteiger partial charge on any atom is 0.475 e. The van der Waals surface area contributed by atoms with Crippen LogP contribution in [0.15, 0.2) is 0 Å². The lowest BCUT2D eigenvalue weighted by atomic mass is 9.90. The van der Waals surface area contributed by atoms with E-state index in [0.29, 0.717) is 51.4 Å². The summed E-state index contributed by atoms with van der Waals surface area (Å²) in [5, 5.41) is 184. The zero-order valence-electron chi connectivity index (χ0n) is 78.6. The first-order chi connectivity index (χ1) is 63.7. The van der Waals surface area contributed by atoms with Gasteiger partial charge in [0.15, 0.2) is 31.1 Å². The maximum atomic E-state index is 15.1. The van der Waals surface area contributed by atoms with E-state index < -0.39 is 294 Å². The van der Waals surface area contributed by atoms with Crippen LogP contribution in [-0.4, -0.2) is 336 Å². The molecule has 0 spiro atoms. The van der Waals surface area contributed by atoms with Crippen molar-refractivity contribution < 1.29 is 195 Å². The fourth-order valence-electron chi connectivity index (χ4n) is 17.3. The molecule has 5 fully saturated rings. The summed E-state index contributed by atoms with van der Waals surface area (Å²) in [4.78, 5) is 120. The van der Waals surface area contributed by atoms with Crippen molar-refractivity contribution in [3.8, 4) is 0 Å². The lowest BCUT2D eigenvalue weighted by Gasteiger charge is -2.50. The Hall–Kier alpha value is -3.88. The number of esters is 2. The van der Waals surface area contributed by atoms with Crippen molar-refractivity contribution in [1.82, 2.24) is 10.6 Å². The fraction of sp³-hybridized carbons (Fsp3) is 0.933. The summed E-state index contributed by atoms with van der Waals surface area (Å²) in [5.41, 5.74) is 5.92. The first kappa shape index (κ1) is 121. The predicted octanol–water partition coefficient (Wildman–Crippen LogP) is 4.64. The molecule has 45 heteroatoms. The van der Waals surface area contributed by atoms with Crippen LogP contribution in [0.1, 0.15) is 323 Å². The number of nitrogens with two attached hydrogens (primary N) is 1. The van der Waals surface area contributed by atoms with Crippen LogP contribution < -0.4 is 16.4 Å². The molecule has 2 amide bonds. The minimum Gasteiger partial charge on any atom is -0.477 e. The van der Waals surface area contributed by atoms with Gasteiger partial charge >= 0.3 is 39.5 Å². The molecule has 0 radical (unpaired) electrons. The van der Waals surface area contributed by atoms with Gasteiger partial charge in [0, 0.05) is 12.8 Å². The van der Waals surface area contributed by atoms with Crippen molar-refractivity contribution in [3.63, 3.8) is 0 Å². The minimum absolute atomic E-state index is 0.0000974. The van der Waals surface area contributed by atoms with Crippen LogP contribution in [0.25, 0.3) is 0 Å². The van der Waals surface area contributed by atoms with E-state index in [1.54, 1.807) is 0 Å². The molecule has 5 rings (SSSR count). The lowest BCUT2D eigenvalue weighted by Crippen LogP contribution is -2.69. The Morgan fingerprint density at radius 3 is 1.22 bits per heavy atom. The van der Waals surface area contributed by atoms with Gasteiger partial charge < -0.3 is 160 Å². The number of aliphatic hydroxyl groups is 14. The highest BCUT2D eigenvalue weighted by Crippen LogP contribution is 2.51. The Bertz CT molecular complexity index is 3390. The first-order valence-electron chi connectivity index (χ1n) is 49.0. The lowest BCUT2D eigenvalue weighted by molar-refractivity contribution is -0.378. The predicted molar refractivity (Wildman–Crippen MR) is 476 cm³/mol. The summed E-state index contributed by atoms with van der Waals surface area (Å²) in [5.74, 6) is -16.4. The zero-order chi connectivity index (χ0) is 99.1. The van der Waals surface area contributed by atoms with E-state index in [2.05, 4.69) is 38.3 Å². The quantitative estimate of drug-likeness (QED) is 0.0224. The molecule has 29 atom stereocenters. The zero-order valence-corrected chi connectivity index (χ0v) is 80.4. The van der Waals surface area contributed by atoms with Crippen LogP contribution in [0.3, 0.4) is 0 Å². The van der Waals surface area contributed by atoms with Gasteiger partial charge in [-0.2, -0.15) is 0 Å². The second-order valence-electron chi connectivity index (χ2n) is 36.7. The van der Waals surface area contributed by atoms with E-state index in [-0.39, 0.29) is 25.7 Å². The molecular formula is C89H163N3O40P2. The molecule has 5 saturated heterocycles. The number of carboxylic acid groups (broad SMARTS) is 2. The molecule has 5 aliphatic heterocycles. The molecule has 0 aromatic carbocycles. The van der Waals surface area contributed by atoms with Gasteiger partial charge in [0.05, 0.1) is 101 Å². The van der Waals surface area contributed by atoms with Gasteiger partial charge in [0.25, 0.3) is 11.6 Å². The van der Waals surface area contributed by atoms with Crippen LogP contribution in [0, 0.1) is 0 Å². The number of aliphatic hydroxyl groups excluding tert-OH is 14. The summed E-state index contributed by atoms with van der Waals surface area (Å²) in [6.45, 7) is 2.14. The highest BCUT2D eigenvalue weighted by atomic mass is 31.2. The number of nitrogens with one attached hydrogen (secondary N) is 2. The highest BCUT2D eigenvalue weighted by molar-refractivity contribution is 7.47. The number of amides is 2. The Labute approximate surface area is 786 Å². The molecule has 0 saturated carbocycles. The molecule has 0 aliphatic carbocycles. The van der Waals surface area contributed by atoms with Crippen molar-refractivity contribution in [3.05, 3.63) is 0 Å². The molecule has 134 heavy (non-hydrogen) atoms. The van der Waals surface area contributed by atoms with Crippen molar-refractivity contribution in [2.75, 3.05) is 33.0 Å². The summed E-state index contributed by atoms with van der Waals surface area (Å²) >= 11 is 0. The third kappa shape index (κ3) is 42.7. The van der Waals surface area contributed by atoms with E-state index >= 15 is 14.2 Å². The smallest absolute Gasteiger partial charge is 0.475 e. The largest absolute Gasteiger partial charge is 0.477 e. The van der Waals surface area contributed by atoms with Gasteiger partial charge in [-0.05, 0) is 25.7 Å². The molecule has 0 bridgehead atoms. The second-order valence-corrected chi connectivity index (χ2v) is 39.2. The van der Waals surface area contributed by atoms with Gasteiger partial charge in [0.1, 0.15) is 85.3 Å². The first-order valence-corrected chi connectivity index (χ1v) is 52.0. The molecule has 1 unspecified atom stereocenters. The summed E-state index contributed by atoms with van der Waals surface area (Å²) in [6, 6.07) is -5.81. The van der Waals surface area contributed by atoms with Crippen LogP contribution >= 0.6 is 15.6 Å². The molecule has 43 nitrogen and oxygen atoms in total. The van der Waals surface area contributed by atoms with Gasteiger partial charge in [-0.25, -0.2) is 18.7 Å². The highest BCUT2D eigenvalue weighted by Gasteiger charge is 2.63. The fourth-order valence-corrected chi connectivity index (χ4v) is 18.8. The maximum absolute atomic E-state index is 15.1. The van der Waals surface area contributed by atoms with Gasteiger partial charge in [0.2, 0.25) is 11.8 Å². The van der Waals surface area contributed by atoms with E-state index in [1.165, 1.54) is 0 Å². The average molecular weight is 1980 g/mol. The SMILES string of the molecule is CCCCCCCCCCC[C@@H](O)CC(=O)N[C@H]1[C@H](OC[C@H]2O[C@H](OP(=O)(O)O)[C@H](NC(=O)C[C@H](O)CCCCCCCCCCC)[C@@H](OC(=O)C[C@H](O)CCCCCCCCCCC)[C@@H]2O)O[C@H](CO[C@]2(C(=O)O)C[C@@H](O[C@]3(C(=O)O)C[C@@H](O)[C@@H](O)[C@@H]([C@H](O)CO)O3)[C@@H](O)[C@@H]([C@H](O)CO)O2)[C@@H](OP(=O)(O)O[C@H]2OC[C@H](N)[C@H](O)[C@H]2O)[C@@H]1OC(=O)C[C@H](O)CCCCCCCCCCC. The van der Waals surface area contributed by atoms with Crippen LogP contribution in [0.4, 0.5) is 0 Å². The number of phosphoric ester groups is 2. The Balaban J connectivity index is 1.74. The molecule has 5 heterocycles. The normalized spacial score (nSPS) is 30.4. The number of aliphatic carboxylic acids is 2. The number of carbonyl (C=O) groups is 6. The van der Waals surface area contributed by atoms with Crippen molar-refractivity contribution in [2.24, 2.45) is 5.73 Å². The average Bonchev–Trinajstić information content (AvgIpc) is 0.748. The number of phosphoric acid groups is 2. The van der Waals surface area contributed by atoms with Crippen molar-refractivity contribution in [1.29, 1.82) is 0 Å². The molecular weight excluding hydrogens is 1810 g/mol. The second kappa shape index (κ2) is 63.9. The third-order valence-corrected chi connectivity index (χ3v) is 26.5. The van der Waals surface area contributed by atoms with Crippen LogP contribution in [0.5, 0.6) is 0 Å². The van der Waals surface area contributed by atoms with Crippen LogP contribution in [-0.2, 0) is 98.8 Å². The number of unbranched alkanes of at least 4 members (excludes halogenated alkanes) is 32. The molecule has 23 N–H and O–H groups in total.